The first-order chi connectivity index (χ1) is 11.3. The zero-order valence-electron chi connectivity index (χ0n) is 13.2. The van der Waals surface area contributed by atoms with Gasteiger partial charge in [-0.2, -0.15) is 0 Å². The van der Waals surface area contributed by atoms with Crippen molar-refractivity contribution in [2.45, 2.75) is 18.9 Å². The molecule has 0 saturated carbocycles. The van der Waals surface area contributed by atoms with Gasteiger partial charge in [-0.25, -0.2) is 4.98 Å². The number of anilines is 1. The fourth-order valence-corrected chi connectivity index (χ4v) is 2.63. The van der Waals surface area contributed by atoms with Gasteiger partial charge in [0.15, 0.2) is 0 Å². The average molecular weight is 318 g/mol. The molecule has 3 rings (SSSR count). The van der Waals surface area contributed by atoms with Gasteiger partial charge in [-0.15, -0.1) is 0 Å². The first-order valence-corrected chi connectivity index (χ1v) is 7.87. The number of imidazole rings is 1. The molecule has 1 aliphatic rings. The second-order valence-corrected chi connectivity index (χ2v) is 5.57. The van der Waals surface area contributed by atoms with Crippen LogP contribution in [0.2, 0.25) is 0 Å². The van der Waals surface area contributed by atoms with Crippen molar-refractivity contribution in [2.24, 2.45) is 0 Å². The van der Waals surface area contributed by atoms with Gasteiger partial charge in [-0.3, -0.25) is 4.79 Å². The highest BCUT2D eigenvalue weighted by molar-refractivity contribution is 5.94. The van der Waals surface area contributed by atoms with E-state index in [-0.39, 0.29) is 18.6 Å². The summed E-state index contributed by atoms with van der Waals surface area (Å²) in [5.74, 6) is 0.779. The maximum absolute atomic E-state index is 11.9. The lowest BCUT2D eigenvalue weighted by molar-refractivity contribution is -0.115. The molecule has 1 unspecified atom stereocenters. The van der Waals surface area contributed by atoms with E-state index in [1.54, 1.807) is 7.11 Å². The van der Waals surface area contributed by atoms with E-state index in [1.165, 1.54) is 0 Å². The highest BCUT2D eigenvalue weighted by Crippen LogP contribution is 2.28. The van der Waals surface area contributed by atoms with Crippen LogP contribution in [0, 0.1) is 0 Å². The summed E-state index contributed by atoms with van der Waals surface area (Å²) in [6.07, 6.45) is 2.13. The van der Waals surface area contributed by atoms with E-state index in [2.05, 4.69) is 20.6 Å². The predicted octanol–water partition coefficient (Wildman–Crippen LogP) is 1.59. The van der Waals surface area contributed by atoms with Gasteiger partial charge in [0.1, 0.15) is 11.9 Å². The van der Waals surface area contributed by atoms with Gasteiger partial charge in [-0.05, 0) is 31.0 Å². The topological polar surface area (TPSA) is 88.3 Å². The molecule has 1 saturated heterocycles. The van der Waals surface area contributed by atoms with Crippen molar-refractivity contribution >= 4 is 22.6 Å². The van der Waals surface area contributed by atoms with E-state index in [1.807, 2.05) is 18.2 Å². The average Bonchev–Trinajstić information content (AvgIpc) is 3.19. The fraction of sp³-hybridized carbons (Fsp3) is 0.500. The Balaban J connectivity index is 1.61. The number of rotatable bonds is 7. The third kappa shape index (κ3) is 4.07. The van der Waals surface area contributed by atoms with Crippen molar-refractivity contribution < 1.29 is 14.3 Å². The number of aromatic amines is 1. The number of benzene rings is 1. The third-order valence-corrected chi connectivity index (χ3v) is 3.79. The summed E-state index contributed by atoms with van der Waals surface area (Å²) in [7, 11) is 1.63. The molecule has 124 valence electrons. The predicted molar refractivity (Wildman–Crippen MR) is 87.4 cm³/mol. The van der Waals surface area contributed by atoms with Gasteiger partial charge in [0.2, 0.25) is 5.91 Å². The Labute approximate surface area is 134 Å². The number of ether oxygens (including phenoxy) is 2. The Hall–Kier alpha value is -1.96. The van der Waals surface area contributed by atoms with Crippen LogP contribution in [0.25, 0.3) is 11.0 Å². The van der Waals surface area contributed by atoms with Crippen LogP contribution in [0.3, 0.4) is 0 Å². The van der Waals surface area contributed by atoms with E-state index in [4.69, 9.17) is 9.47 Å². The number of nitrogens with zero attached hydrogens (tertiary/aromatic N) is 1. The van der Waals surface area contributed by atoms with Crippen LogP contribution in [0.5, 0.6) is 0 Å². The van der Waals surface area contributed by atoms with Crippen molar-refractivity contribution in [3.63, 3.8) is 0 Å². The monoisotopic (exact) mass is 318 g/mol. The minimum Gasteiger partial charge on any atom is -0.383 e. The molecule has 1 amide bonds. The number of hydrogen-bond donors (Lipinski definition) is 3. The molecule has 1 aromatic carbocycles. The first kappa shape index (κ1) is 15.9. The largest absolute Gasteiger partial charge is 0.383 e. The van der Waals surface area contributed by atoms with Crippen LogP contribution in [-0.4, -0.2) is 49.3 Å². The van der Waals surface area contributed by atoms with Crippen LogP contribution in [0.1, 0.15) is 24.8 Å². The molecule has 0 spiro atoms. The molecule has 2 aromatic rings. The number of nitrogens with one attached hydrogen (secondary N) is 3. The second-order valence-electron chi connectivity index (χ2n) is 5.57. The second kappa shape index (κ2) is 7.54. The van der Waals surface area contributed by atoms with Crippen LogP contribution in [0.15, 0.2) is 18.2 Å². The Morgan fingerprint density at radius 2 is 2.43 bits per heavy atom. The van der Waals surface area contributed by atoms with Gasteiger partial charge in [-0.1, -0.05) is 0 Å². The Morgan fingerprint density at radius 3 is 3.22 bits per heavy atom. The van der Waals surface area contributed by atoms with E-state index in [0.717, 1.165) is 42.0 Å². The van der Waals surface area contributed by atoms with Crippen molar-refractivity contribution in [2.75, 3.05) is 38.7 Å². The number of hydrogen-bond acceptors (Lipinski definition) is 5. The number of H-pyrrole nitrogens is 1. The summed E-state index contributed by atoms with van der Waals surface area (Å²) >= 11 is 0. The van der Waals surface area contributed by atoms with E-state index < -0.39 is 0 Å². The molecule has 23 heavy (non-hydrogen) atoms. The maximum atomic E-state index is 11.9. The molecule has 1 aliphatic heterocycles. The van der Waals surface area contributed by atoms with Gasteiger partial charge >= 0.3 is 0 Å². The van der Waals surface area contributed by atoms with Crippen molar-refractivity contribution in [3.8, 4) is 0 Å². The molecule has 2 heterocycles. The molecule has 0 bridgehead atoms. The summed E-state index contributed by atoms with van der Waals surface area (Å²) in [5.41, 5.74) is 2.53. The molecule has 7 nitrogen and oxygen atoms in total. The van der Waals surface area contributed by atoms with E-state index in [0.29, 0.717) is 13.2 Å². The minimum atomic E-state index is -0.0840. The van der Waals surface area contributed by atoms with E-state index >= 15 is 0 Å². The lowest BCUT2D eigenvalue weighted by Crippen LogP contribution is -2.30. The lowest BCUT2D eigenvalue weighted by Gasteiger charge is -2.06. The highest BCUT2D eigenvalue weighted by Gasteiger charge is 2.21. The standard InChI is InChI=1S/C16H22N4O3/c1-22-8-6-17-10-15(21)18-11-4-5-12-13(9-11)20-16(19-12)14-3-2-7-23-14/h4-5,9,14,17H,2-3,6-8,10H2,1H3,(H,18,21)(H,19,20). The van der Waals surface area contributed by atoms with Gasteiger partial charge in [0.25, 0.3) is 0 Å². The van der Waals surface area contributed by atoms with Gasteiger partial charge < -0.3 is 25.1 Å². The zero-order chi connectivity index (χ0) is 16.1. The number of aromatic nitrogens is 2. The molecule has 1 atom stereocenters. The molecular weight excluding hydrogens is 296 g/mol. The third-order valence-electron chi connectivity index (χ3n) is 3.79. The van der Waals surface area contributed by atoms with Crippen molar-refractivity contribution in [1.29, 1.82) is 0 Å². The van der Waals surface area contributed by atoms with Crippen LogP contribution in [-0.2, 0) is 14.3 Å². The summed E-state index contributed by atoms with van der Waals surface area (Å²) in [6.45, 7) is 2.28. The SMILES string of the molecule is COCCNCC(=O)Nc1ccc2nc(C3CCCO3)[nH]c2c1. The summed E-state index contributed by atoms with van der Waals surface area (Å²) in [5, 5.41) is 5.88. The normalized spacial score (nSPS) is 17.7. The van der Waals surface area contributed by atoms with Crippen molar-refractivity contribution in [3.05, 3.63) is 24.0 Å². The van der Waals surface area contributed by atoms with E-state index in [9.17, 15) is 4.79 Å². The number of methoxy groups -OCH3 is 1. The Morgan fingerprint density at radius 1 is 1.52 bits per heavy atom. The molecule has 3 N–H and O–H groups in total. The molecule has 1 aromatic heterocycles. The molecule has 7 heteroatoms. The summed E-state index contributed by atoms with van der Waals surface area (Å²) < 4.78 is 10.6. The molecule has 1 fully saturated rings. The molecular formula is C16H22N4O3. The van der Waals surface area contributed by atoms with Crippen LogP contribution in [0.4, 0.5) is 5.69 Å². The Bertz CT molecular complexity index is 664. The lowest BCUT2D eigenvalue weighted by atomic mass is 10.2. The highest BCUT2D eigenvalue weighted by atomic mass is 16.5. The number of carbonyl (C=O) groups is 1. The fourth-order valence-electron chi connectivity index (χ4n) is 2.63. The molecule has 0 aliphatic carbocycles. The maximum Gasteiger partial charge on any atom is 0.238 e. The first-order valence-electron chi connectivity index (χ1n) is 7.87. The van der Waals surface area contributed by atoms with Gasteiger partial charge in [0.05, 0.1) is 24.2 Å². The molecule has 0 radical (unpaired) electrons. The van der Waals surface area contributed by atoms with Crippen LogP contribution < -0.4 is 10.6 Å². The van der Waals surface area contributed by atoms with Crippen LogP contribution >= 0.6 is 0 Å². The number of fused-ring (bicyclic) bond motifs is 1. The summed E-state index contributed by atoms with van der Waals surface area (Å²) in [6, 6.07) is 5.65. The smallest absolute Gasteiger partial charge is 0.238 e. The zero-order valence-corrected chi connectivity index (χ0v) is 13.2. The van der Waals surface area contributed by atoms with Gasteiger partial charge in [0, 0.05) is 25.9 Å². The Kier molecular flexibility index (Phi) is 5.22. The van der Waals surface area contributed by atoms with Crippen molar-refractivity contribution in [1.82, 2.24) is 15.3 Å². The quantitative estimate of drug-likeness (QED) is 0.675. The summed E-state index contributed by atoms with van der Waals surface area (Å²) in [4.78, 5) is 19.7. The minimum absolute atomic E-state index is 0.0606. The number of carbonyl (C=O) groups excluding carboxylic acids is 1. The number of amides is 1.